The summed E-state index contributed by atoms with van der Waals surface area (Å²) in [6.45, 7) is 2.98. The Morgan fingerprint density at radius 1 is 1.33 bits per heavy atom. The van der Waals surface area contributed by atoms with Crippen molar-refractivity contribution >= 4 is 17.2 Å². The van der Waals surface area contributed by atoms with E-state index in [0.717, 1.165) is 23.4 Å². The molecule has 1 aliphatic rings. The van der Waals surface area contributed by atoms with E-state index in [-0.39, 0.29) is 29.7 Å². The van der Waals surface area contributed by atoms with E-state index in [0.29, 0.717) is 18.7 Å². The number of ether oxygens (including phenoxy) is 1. The number of halogens is 3. The first kappa shape index (κ1) is 20.5. The van der Waals surface area contributed by atoms with Gasteiger partial charge >= 0.3 is 6.18 Å². The van der Waals surface area contributed by atoms with Crippen LogP contribution in [0.2, 0.25) is 0 Å². The van der Waals surface area contributed by atoms with Gasteiger partial charge in [-0.05, 0) is 24.6 Å². The van der Waals surface area contributed by atoms with Crippen LogP contribution in [0.1, 0.15) is 39.7 Å². The zero-order chi connectivity index (χ0) is 21.3. The molecule has 1 fully saturated rings. The monoisotopic (exact) mass is 437 g/mol. The molecule has 2 aromatic heterocycles. The molecule has 0 spiro atoms. The van der Waals surface area contributed by atoms with E-state index in [4.69, 9.17) is 9.26 Å². The van der Waals surface area contributed by atoms with Crippen LogP contribution in [-0.2, 0) is 17.3 Å². The molecule has 6 nitrogen and oxygen atoms in total. The van der Waals surface area contributed by atoms with Gasteiger partial charge in [0, 0.05) is 22.4 Å². The fraction of sp³-hybridized carbons (Fsp3) is 0.350. The number of amides is 1. The minimum atomic E-state index is -4.46. The average Bonchev–Trinajstić information content (AvgIpc) is 3.43. The van der Waals surface area contributed by atoms with Gasteiger partial charge < -0.3 is 14.2 Å². The third-order valence-electron chi connectivity index (χ3n) is 4.77. The molecular formula is C20H18F3N3O3S. The SMILES string of the molecule is CCc1cc(C(=O)N2CCO[C@H](c3nc(-c4cccc(C(F)(F)F)c4)no3)C2)cs1. The van der Waals surface area contributed by atoms with Gasteiger partial charge in [0.05, 0.1) is 24.3 Å². The van der Waals surface area contributed by atoms with E-state index in [1.807, 2.05) is 18.4 Å². The molecule has 0 bridgehead atoms. The number of aryl methyl sites for hydroxylation is 1. The standard InChI is InChI=1S/C20H18F3N3O3S/c1-2-15-9-13(11-30-15)19(27)26-6-7-28-16(10-26)18-24-17(25-29-18)12-4-3-5-14(8-12)20(21,22)23/h3-5,8-9,11,16H,2,6-7,10H2,1H3/t16-/m0/s1. The van der Waals surface area contributed by atoms with Gasteiger partial charge in [-0.1, -0.05) is 24.2 Å². The van der Waals surface area contributed by atoms with Crippen molar-refractivity contribution in [2.75, 3.05) is 19.7 Å². The first-order valence-corrected chi connectivity index (χ1v) is 10.2. The van der Waals surface area contributed by atoms with Gasteiger partial charge in [-0.15, -0.1) is 11.3 Å². The lowest BCUT2D eigenvalue weighted by atomic mass is 10.1. The van der Waals surface area contributed by atoms with E-state index < -0.39 is 17.8 Å². The predicted octanol–water partition coefficient (Wildman–Crippen LogP) is 4.59. The maximum atomic E-state index is 12.9. The van der Waals surface area contributed by atoms with Gasteiger partial charge in [0.25, 0.3) is 11.8 Å². The van der Waals surface area contributed by atoms with Crippen molar-refractivity contribution in [3.05, 3.63) is 57.6 Å². The van der Waals surface area contributed by atoms with Crippen LogP contribution < -0.4 is 0 Å². The number of alkyl halides is 3. The summed E-state index contributed by atoms with van der Waals surface area (Å²) in [7, 11) is 0. The molecule has 1 atom stereocenters. The number of nitrogens with zero attached hydrogens (tertiary/aromatic N) is 3. The molecule has 0 saturated carbocycles. The molecule has 1 aromatic carbocycles. The van der Waals surface area contributed by atoms with Crippen molar-refractivity contribution < 1.29 is 27.2 Å². The topological polar surface area (TPSA) is 68.5 Å². The van der Waals surface area contributed by atoms with Crippen LogP contribution in [0.25, 0.3) is 11.4 Å². The maximum absolute atomic E-state index is 12.9. The zero-order valence-corrected chi connectivity index (χ0v) is 16.8. The largest absolute Gasteiger partial charge is 0.416 e. The number of morpholine rings is 1. The molecule has 10 heteroatoms. The Labute approximate surface area is 174 Å². The molecule has 4 rings (SSSR count). The zero-order valence-electron chi connectivity index (χ0n) is 16.0. The van der Waals surface area contributed by atoms with E-state index in [1.165, 1.54) is 12.1 Å². The van der Waals surface area contributed by atoms with Crippen molar-refractivity contribution in [2.24, 2.45) is 0 Å². The van der Waals surface area contributed by atoms with Crippen molar-refractivity contribution in [1.82, 2.24) is 15.0 Å². The third kappa shape index (κ3) is 4.24. The lowest BCUT2D eigenvalue weighted by Gasteiger charge is -2.31. The van der Waals surface area contributed by atoms with Crippen molar-refractivity contribution in [1.29, 1.82) is 0 Å². The second-order valence-corrected chi connectivity index (χ2v) is 7.80. The predicted molar refractivity (Wildman–Crippen MR) is 103 cm³/mol. The number of aromatic nitrogens is 2. The summed E-state index contributed by atoms with van der Waals surface area (Å²) >= 11 is 1.54. The molecule has 3 heterocycles. The molecule has 0 N–H and O–H groups in total. The lowest BCUT2D eigenvalue weighted by Crippen LogP contribution is -2.42. The quantitative estimate of drug-likeness (QED) is 0.597. The molecule has 0 radical (unpaired) electrons. The summed E-state index contributed by atoms with van der Waals surface area (Å²) in [5.41, 5.74) is 0.0286. The van der Waals surface area contributed by atoms with Gasteiger partial charge in [-0.25, -0.2) is 0 Å². The summed E-state index contributed by atoms with van der Waals surface area (Å²) in [4.78, 5) is 19.8. The minimum absolute atomic E-state index is 0.0357. The Morgan fingerprint density at radius 2 is 2.17 bits per heavy atom. The highest BCUT2D eigenvalue weighted by atomic mass is 32.1. The molecule has 1 aliphatic heterocycles. The highest BCUT2D eigenvalue weighted by Crippen LogP contribution is 2.32. The number of thiophene rings is 1. The van der Waals surface area contributed by atoms with Crippen LogP contribution in [0.4, 0.5) is 13.2 Å². The number of carbonyl (C=O) groups excluding carboxylic acids is 1. The van der Waals surface area contributed by atoms with E-state index in [2.05, 4.69) is 10.1 Å². The highest BCUT2D eigenvalue weighted by Gasteiger charge is 2.32. The summed E-state index contributed by atoms with van der Waals surface area (Å²) in [5, 5.41) is 5.63. The molecule has 0 unspecified atom stereocenters. The van der Waals surface area contributed by atoms with Crippen LogP contribution in [0, 0.1) is 0 Å². The summed E-state index contributed by atoms with van der Waals surface area (Å²) < 4.78 is 49.7. The summed E-state index contributed by atoms with van der Waals surface area (Å²) in [6, 6.07) is 6.59. The smallest absolute Gasteiger partial charge is 0.365 e. The molecule has 0 aliphatic carbocycles. The fourth-order valence-corrected chi connectivity index (χ4v) is 3.97. The van der Waals surface area contributed by atoms with Gasteiger partial charge in [0.15, 0.2) is 6.10 Å². The van der Waals surface area contributed by atoms with Gasteiger partial charge in [-0.3, -0.25) is 4.79 Å². The van der Waals surface area contributed by atoms with Crippen molar-refractivity contribution in [3.8, 4) is 11.4 Å². The first-order chi connectivity index (χ1) is 14.3. The number of hydrogen-bond donors (Lipinski definition) is 0. The Hall–Kier alpha value is -2.72. The first-order valence-electron chi connectivity index (χ1n) is 9.34. The number of benzene rings is 1. The van der Waals surface area contributed by atoms with Gasteiger partial charge in [0.2, 0.25) is 5.82 Å². The van der Waals surface area contributed by atoms with Crippen LogP contribution >= 0.6 is 11.3 Å². The third-order valence-corrected chi connectivity index (χ3v) is 5.85. The van der Waals surface area contributed by atoms with E-state index >= 15 is 0 Å². The molecule has 30 heavy (non-hydrogen) atoms. The van der Waals surface area contributed by atoms with Gasteiger partial charge in [-0.2, -0.15) is 18.2 Å². The number of hydrogen-bond acceptors (Lipinski definition) is 6. The minimum Gasteiger partial charge on any atom is -0.365 e. The Morgan fingerprint density at radius 3 is 2.90 bits per heavy atom. The van der Waals surface area contributed by atoms with Crippen LogP contribution in [-0.4, -0.2) is 40.6 Å². The average molecular weight is 437 g/mol. The normalized spacial score (nSPS) is 17.3. The summed E-state index contributed by atoms with van der Waals surface area (Å²) in [6.07, 6.45) is -4.24. The molecular weight excluding hydrogens is 419 g/mol. The van der Waals surface area contributed by atoms with Crippen LogP contribution in [0.3, 0.4) is 0 Å². The van der Waals surface area contributed by atoms with Gasteiger partial charge in [0.1, 0.15) is 0 Å². The van der Waals surface area contributed by atoms with Crippen molar-refractivity contribution in [3.63, 3.8) is 0 Å². The number of rotatable bonds is 4. The van der Waals surface area contributed by atoms with Crippen LogP contribution in [0.15, 0.2) is 40.2 Å². The van der Waals surface area contributed by atoms with Crippen LogP contribution in [0.5, 0.6) is 0 Å². The van der Waals surface area contributed by atoms with Crippen molar-refractivity contribution in [2.45, 2.75) is 25.6 Å². The maximum Gasteiger partial charge on any atom is 0.416 e. The highest BCUT2D eigenvalue weighted by molar-refractivity contribution is 7.10. The second kappa shape index (κ2) is 8.19. The summed E-state index contributed by atoms with van der Waals surface area (Å²) in [5.74, 6) is 0.0601. The number of carbonyl (C=O) groups is 1. The Bertz CT molecular complexity index is 1050. The molecule has 3 aromatic rings. The Balaban J connectivity index is 1.50. The fourth-order valence-electron chi connectivity index (χ4n) is 3.16. The second-order valence-electron chi connectivity index (χ2n) is 6.80. The molecule has 158 valence electrons. The molecule has 1 amide bonds. The van der Waals surface area contributed by atoms with E-state index in [9.17, 15) is 18.0 Å². The Kier molecular flexibility index (Phi) is 5.61. The van der Waals surface area contributed by atoms with E-state index in [1.54, 1.807) is 16.2 Å². The lowest BCUT2D eigenvalue weighted by molar-refractivity contribution is -0.137. The molecule has 1 saturated heterocycles.